The molecule has 3 atom stereocenters. The van der Waals surface area contributed by atoms with Crippen LogP contribution in [0.5, 0.6) is 0 Å². The topological polar surface area (TPSA) is 64.8 Å². The van der Waals surface area contributed by atoms with Crippen LogP contribution in [0.15, 0.2) is 23.3 Å². The number of halogens is 1. The summed E-state index contributed by atoms with van der Waals surface area (Å²) in [5.41, 5.74) is 0. The van der Waals surface area contributed by atoms with Crippen LogP contribution in [0.4, 0.5) is 0 Å². The summed E-state index contributed by atoms with van der Waals surface area (Å²) < 4.78 is 0. The van der Waals surface area contributed by atoms with Crippen molar-refractivity contribution in [2.45, 2.75) is 17.9 Å². The van der Waals surface area contributed by atoms with Gasteiger partial charge in [0.15, 0.2) is 5.03 Å². The van der Waals surface area contributed by atoms with E-state index in [1.807, 2.05) is 25.2 Å². The molecule has 0 aromatic heterocycles. The fourth-order valence-corrected chi connectivity index (χ4v) is 2.91. The molecule has 1 saturated heterocycles. The highest BCUT2D eigenvalue weighted by molar-refractivity contribution is 8.93. The molecule has 2 aliphatic rings. The van der Waals surface area contributed by atoms with E-state index in [1.54, 1.807) is 0 Å². The second-order valence-electron chi connectivity index (χ2n) is 3.58. The summed E-state index contributed by atoms with van der Waals surface area (Å²) in [5.74, 6) is -1.41. The van der Waals surface area contributed by atoms with E-state index >= 15 is 0 Å². The summed E-state index contributed by atoms with van der Waals surface area (Å²) in [5, 5.41) is 21.3. The van der Waals surface area contributed by atoms with Gasteiger partial charge in [0.1, 0.15) is 12.6 Å². The Labute approximate surface area is 102 Å². The van der Waals surface area contributed by atoms with E-state index in [2.05, 4.69) is 0 Å². The third-order valence-electron chi connectivity index (χ3n) is 2.54. The molecule has 1 fully saturated rings. The molecule has 0 saturated carbocycles. The highest BCUT2D eigenvalue weighted by Gasteiger charge is 2.47. The number of allylic oxidation sites excluding steroid dienone is 2. The Morgan fingerprint density at radius 1 is 1.80 bits per heavy atom. The Balaban J connectivity index is 0.00000112. The van der Waals surface area contributed by atoms with E-state index in [9.17, 15) is 15.0 Å². The zero-order valence-electron chi connectivity index (χ0n) is 8.10. The Morgan fingerprint density at radius 2 is 2.47 bits per heavy atom. The van der Waals surface area contributed by atoms with Gasteiger partial charge in [0.05, 0.1) is 5.97 Å². The number of thioether (sulfide) groups is 1. The van der Waals surface area contributed by atoms with Crippen LogP contribution < -0.4 is 10.0 Å². The smallest absolute Gasteiger partial charge is 0.209 e. The van der Waals surface area contributed by atoms with Gasteiger partial charge in [-0.3, -0.25) is 4.90 Å². The van der Waals surface area contributed by atoms with Crippen LogP contribution in [0.2, 0.25) is 0 Å². The van der Waals surface area contributed by atoms with Crippen LogP contribution >= 0.6 is 28.7 Å². The van der Waals surface area contributed by atoms with E-state index in [1.165, 1.54) is 0 Å². The van der Waals surface area contributed by atoms with Gasteiger partial charge in [-0.05, 0) is 24.8 Å². The van der Waals surface area contributed by atoms with E-state index in [4.69, 9.17) is 0 Å². The maximum absolute atomic E-state index is 10.7. The molecule has 84 valence electrons. The van der Waals surface area contributed by atoms with E-state index in [0.29, 0.717) is 0 Å². The van der Waals surface area contributed by atoms with Crippen molar-refractivity contribution in [3.8, 4) is 0 Å². The lowest BCUT2D eigenvalue weighted by Crippen LogP contribution is -3.13. The number of hydrogen-bond acceptors (Lipinski definition) is 4. The normalized spacial score (nSPS) is 37.9. The number of nitrogens with one attached hydrogen (secondary N) is 1. The molecule has 0 spiro atoms. The van der Waals surface area contributed by atoms with Gasteiger partial charge in [-0.2, -0.15) is 0 Å². The molecule has 15 heavy (non-hydrogen) atoms. The SMILES string of the molecule is Br.CC1C=CC=C2SC(O)(C(=O)[O-])C[NH+]21. The standard InChI is InChI=1S/C9H11NO3S.BrH/c1-6-3-2-4-7-10(6)5-9(13,14-7)8(11)12;/h2-4,6,13H,5H2,1H3,(H,11,12);1H. The average Bonchev–Trinajstić information content (AvgIpc) is 2.45. The Morgan fingerprint density at radius 3 is 3.00 bits per heavy atom. The molecular weight excluding hydrogens is 282 g/mol. The molecule has 4 nitrogen and oxygen atoms in total. The predicted octanol–water partition coefficient (Wildman–Crippen LogP) is -1.57. The number of aliphatic hydroxyl groups is 1. The molecule has 6 heteroatoms. The number of quaternary nitrogens is 1. The van der Waals surface area contributed by atoms with Crippen molar-refractivity contribution in [1.82, 2.24) is 0 Å². The summed E-state index contributed by atoms with van der Waals surface area (Å²) in [6.07, 6.45) is 5.71. The van der Waals surface area contributed by atoms with Crippen LogP contribution in [-0.2, 0) is 4.79 Å². The van der Waals surface area contributed by atoms with Gasteiger partial charge in [0, 0.05) is 6.08 Å². The highest BCUT2D eigenvalue weighted by atomic mass is 79.9. The molecule has 2 rings (SSSR count). The van der Waals surface area contributed by atoms with Crippen LogP contribution in [0.1, 0.15) is 6.92 Å². The maximum atomic E-state index is 10.7. The molecule has 3 unspecified atom stereocenters. The van der Waals surface area contributed by atoms with Crippen molar-refractivity contribution in [3.63, 3.8) is 0 Å². The summed E-state index contributed by atoms with van der Waals surface area (Å²) in [6.45, 7) is 2.15. The van der Waals surface area contributed by atoms with Gasteiger partial charge in [-0.15, -0.1) is 17.0 Å². The number of carbonyl (C=O) groups is 1. The van der Waals surface area contributed by atoms with E-state index in [-0.39, 0.29) is 29.6 Å². The van der Waals surface area contributed by atoms with Crippen LogP contribution in [0, 0.1) is 0 Å². The van der Waals surface area contributed by atoms with Crippen molar-refractivity contribution in [2.75, 3.05) is 6.54 Å². The van der Waals surface area contributed by atoms with Crippen LogP contribution in [-0.4, -0.2) is 28.6 Å². The fraction of sp³-hybridized carbons (Fsp3) is 0.444. The van der Waals surface area contributed by atoms with Crippen LogP contribution in [0.3, 0.4) is 0 Å². The quantitative estimate of drug-likeness (QED) is 0.613. The fourth-order valence-electron chi connectivity index (χ4n) is 1.69. The zero-order valence-corrected chi connectivity index (χ0v) is 10.6. The molecule has 2 N–H and O–H groups in total. The molecule has 0 bridgehead atoms. The first-order valence-corrected chi connectivity index (χ1v) is 5.22. The molecule has 0 radical (unpaired) electrons. The second-order valence-corrected chi connectivity index (χ2v) is 4.90. The summed E-state index contributed by atoms with van der Waals surface area (Å²) in [7, 11) is 0. The van der Waals surface area contributed by atoms with Crippen molar-refractivity contribution >= 4 is 34.7 Å². The van der Waals surface area contributed by atoms with Crippen molar-refractivity contribution in [2.24, 2.45) is 0 Å². The van der Waals surface area contributed by atoms with Gasteiger partial charge in [0.25, 0.3) is 0 Å². The molecule has 0 aliphatic carbocycles. The van der Waals surface area contributed by atoms with Gasteiger partial charge in [-0.25, -0.2) is 0 Å². The largest absolute Gasteiger partial charge is 0.546 e. The van der Waals surface area contributed by atoms with Crippen molar-refractivity contribution in [3.05, 3.63) is 23.3 Å². The number of carboxylic acid groups (broad SMARTS) is 1. The van der Waals surface area contributed by atoms with Crippen LogP contribution in [0.25, 0.3) is 0 Å². The monoisotopic (exact) mass is 293 g/mol. The Bertz CT molecular complexity index is 344. The molecular formula is C9H12BrNO3S. The average molecular weight is 294 g/mol. The number of carboxylic acids is 1. The minimum atomic E-state index is -1.76. The number of carbonyl (C=O) groups excluding carboxylic acids is 1. The van der Waals surface area contributed by atoms with Crippen molar-refractivity contribution < 1.29 is 19.9 Å². The van der Waals surface area contributed by atoms with Gasteiger partial charge in [0.2, 0.25) is 4.93 Å². The molecule has 0 amide bonds. The second kappa shape index (κ2) is 4.29. The van der Waals surface area contributed by atoms with Gasteiger partial charge < -0.3 is 15.0 Å². The third kappa shape index (κ3) is 2.13. The predicted molar refractivity (Wildman–Crippen MR) is 60.4 cm³/mol. The first-order valence-electron chi connectivity index (χ1n) is 4.40. The number of rotatable bonds is 1. The first kappa shape index (κ1) is 12.8. The molecule has 2 aliphatic heterocycles. The van der Waals surface area contributed by atoms with E-state index < -0.39 is 10.9 Å². The number of fused-ring (bicyclic) bond motifs is 1. The summed E-state index contributed by atoms with van der Waals surface area (Å²) in [4.78, 5) is 9.96. The summed E-state index contributed by atoms with van der Waals surface area (Å²) in [6, 6.07) is 0.205. The minimum absolute atomic E-state index is 0. The van der Waals surface area contributed by atoms with Crippen molar-refractivity contribution in [1.29, 1.82) is 0 Å². The van der Waals surface area contributed by atoms with Gasteiger partial charge >= 0.3 is 0 Å². The third-order valence-corrected chi connectivity index (χ3v) is 3.81. The molecule has 0 aromatic carbocycles. The summed E-state index contributed by atoms with van der Waals surface area (Å²) >= 11 is 0.975. The zero-order chi connectivity index (χ0) is 10.3. The Kier molecular flexibility index (Phi) is 3.65. The lowest BCUT2D eigenvalue weighted by atomic mass is 10.2. The Hall–Kier alpha value is -0.300. The minimum Gasteiger partial charge on any atom is -0.546 e. The molecule has 0 aromatic rings. The lowest BCUT2D eigenvalue weighted by Gasteiger charge is -2.22. The molecule has 2 heterocycles. The van der Waals surface area contributed by atoms with E-state index in [0.717, 1.165) is 21.7 Å². The lowest BCUT2D eigenvalue weighted by molar-refractivity contribution is -0.869. The highest BCUT2D eigenvalue weighted by Crippen LogP contribution is 2.31. The number of aliphatic carboxylic acids is 1. The van der Waals surface area contributed by atoms with Gasteiger partial charge in [-0.1, -0.05) is 6.08 Å². The number of hydrogen-bond donors (Lipinski definition) is 2. The first-order chi connectivity index (χ1) is 6.53. The maximum Gasteiger partial charge on any atom is 0.209 e.